The van der Waals surface area contributed by atoms with Crippen LogP contribution in [0, 0.1) is 6.92 Å². The minimum atomic E-state index is 0.172. The maximum atomic E-state index is 12.2. The van der Waals surface area contributed by atoms with Crippen molar-refractivity contribution in [1.82, 2.24) is 14.8 Å². The molecule has 0 atom stereocenters. The fourth-order valence-electron chi connectivity index (χ4n) is 2.34. The van der Waals surface area contributed by atoms with Gasteiger partial charge in [0.25, 0.3) is 5.56 Å². The molecule has 0 amide bonds. The van der Waals surface area contributed by atoms with Crippen LogP contribution in [0.3, 0.4) is 0 Å². The lowest BCUT2D eigenvalue weighted by Crippen LogP contribution is -2.44. The average Bonchev–Trinajstić information content (AvgIpc) is 2.35. The van der Waals surface area contributed by atoms with Gasteiger partial charge in [-0.3, -0.25) is 9.69 Å². The zero-order chi connectivity index (χ0) is 12.3. The Kier molecular flexibility index (Phi) is 3.97. The molecule has 0 aliphatic carbocycles. The molecule has 1 aromatic heterocycles. The summed E-state index contributed by atoms with van der Waals surface area (Å²) in [6.45, 7) is 9.63. The summed E-state index contributed by atoms with van der Waals surface area (Å²) in [6, 6.07) is 4.02. The van der Waals surface area contributed by atoms with Gasteiger partial charge in [-0.2, -0.15) is 0 Å². The van der Waals surface area contributed by atoms with Gasteiger partial charge in [0.2, 0.25) is 0 Å². The first kappa shape index (κ1) is 12.3. The Morgan fingerprint density at radius 3 is 2.65 bits per heavy atom. The second-order valence-corrected chi connectivity index (χ2v) is 4.58. The van der Waals surface area contributed by atoms with Gasteiger partial charge in [-0.1, -0.05) is 6.07 Å². The van der Waals surface area contributed by atoms with Crippen molar-refractivity contribution >= 4 is 0 Å². The van der Waals surface area contributed by atoms with Crippen LogP contribution in [0.5, 0.6) is 0 Å². The van der Waals surface area contributed by atoms with Crippen molar-refractivity contribution in [2.75, 3.05) is 26.2 Å². The molecule has 1 N–H and O–H groups in total. The highest BCUT2D eigenvalue weighted by molar-refractivity contribution is 5.15. The normalized spacial score (nSPS) is 17.3. The lowest BCUT2D eigenvalue weighted by molar-refractivity contribution is 0.232. The number of aromatic nitrogens is 1. The van der Waals surface area contributed by atoms with E-state index in [0.29, 0.717) is 0 Å². The SMILES string of the molecule is CCn1c(C)ccc(CN2CCNCC2)c1=O. The van der Waals surface area contributed by atoms with Crippen LogP contribution in [0.15, 0.2) is 16.9 Å². The van der Waals surface area contributed by atoms with Crippen LogP contribution in [-0.2, 0) is 13.1 Å². The molecule has 1 aliphatic rings. The van der Waals surface area contributed by atoms with E-state index in [9.17, 15) is 4.79 Å². The number of rotatable bonds is 3. The molecule has 0 saturated carbocycles. The van der Waals surface area contributed by atoms with Crippen LogP contribution in [0.25, 0.3) is 0 Å². The zero-order valence-corrected chi connectivity index (χ0v) is 10.7. The summed E-state index contributed by atoms with van der Waals surface area (Å²) in [5.74, 6) is 0. The quantitative estimate of drug-likeness (QED) is 0.833. The first-order chi connectivity index (χ1) is 8.22. The Labute approximate surface area is 102 Å². The summed E-state index contributed by atoms with van der Waals surface area (Å²) >= 11 is 0. The minimum absolute atomic E-state index is 0.172. The molecule has 0 radical (unpaired) electrons. The number of nitrogens with one attached hydrogen (secondary N) is 1. The van der Waals surface area contributed by atoms with Crippen molar-refractivity contribution in [3.8, 4) is 0 Å². The van der Waals surface area contributed by atoms with Gasteiger partial charge in [0.05, 0.1) is 0 Å². The van der Waals surface area contributed by atoms with Crippen molar-refractivity contribution in [3.63, 3.8) is 0 Å². The third-order valence-electron chi connectivity index (χ3n) is 3.39. The van der Waals surface area contributed by atoms with E-state index in [4.69, 9.17) is 0 Å². The second-order valence-electron chi connectivity index (χ2n) is 4.58. The van der Waals surface area contributed by atoms with Crippen LogP contribution in [0.1, 0.15) is 18.2 Å². The van der Waals surface area contributed by atoms with Gasteiger partial charge >= 0.3 is 0 Å². The Morgan fingerprint density at radius 1 is 1.29 bits per heavy atom. The first-order valence-electron chi connectivity index (χ1n) is 6.34. The number of pyridine rings is 1. The molecule has 1 aliphatic heterocycles. The highest BCUT2D eigenvalue weighted by Crippen LogP contribution is 2.03. The maximum absolute atomic E-state index is 12.2. The highest BCUT2D eigenvalue weighted by Gasteiger charge is 2.12. The van der Waals surface area contributed by atoms with Crippen molar-refractivity contribution in [2.24, 2.45) is 0 Å². The van der Waals surface area contributed by atoms with Gasteiger partial charge in [-0.05, 0) is 19.9 Å². The molecule has 0 spiro atoms. The van der Waals surface area contributed by atoms with Crippen molar-refractivity contribution in [3.05, 3.63) is 33.7 Å². The average molecular weight is 235 g/mol. The van der Waals surface area contributed by atoms with Crippen molar-refractivity contribution in [2.45, 2.75) is 26.9 Å². The van der Waals surface area contributed by atoms with Gasteiger partial charge in [-0.15, -0.1) is 0 Å². The van der Waals surface area contributed by atoms with E-state index in [1.807, 2.05) is 30.5 Å². The summed E-state index contributed by atoms with van der Waals surface area (Å²) < 4.78 is 1.84. The van der Waals surface area contributed by atoms with E-state index in [1.54, 1.807) is 0 Å². The fraction of sp³-hybridized carbons (Fsp3) is 0.615. The second kappa shape index (κ2) is 5.47. The molecular weight excluding hydrogens is 214 g/mol. The fourth-order valence-corrected chi connectivity index (χ4v) is 2.34. The summed E-state index contributed by atoms with van der Waals surface area (Å²) in [4.78, 5) is 14.6. The van der Waals surface area contributed by atoms with Crippen LogP contribution < -0.4 is 10.9 Å². The summed E-state index contributed by atoms with van der Waals surface area (Å²) in [6.07, 6.45) is 0. The van der Waals surface area contributed by atoms with Gasteiger partial charge in [0.1, 0.15) is 0 Å². The molecule has 2 rings (SSSR count). The van der Waals surface area contributed by atoms with Crippen LogP contribution in [0.4, 0.5) is 0 Å². The van der Waals surface area contributed by atoms with Gasteiger partial charge in [0.15, 0.2) is 0 Å². The largest absolute Gasteiger partial charge is 0.314 e. The predicted molar refractivity (Wildman–Crippen MR) is 69.3 cm³/mol. The molecule has 4 heteroatoms. The molecule has 0 aromatic carbocycles. The molecule has 0 bridgehead atoms. The Bertz CT molecular complexity index is 433. The number of piperazine rings is 1. The standard InChI is InChI=1S/C13H21N3O/c1-3-16-11(2)4-5-12(13(16)17)10-15-8-6-14-7-9-15/h4-5,14H,3,6-10H2,1-2H3. The van der Waals surface area contributed by atoms with E-state index in [0.717, 1.165) is 50.5 Å². The Hall–Kier alpha value is -1.13. The highest BCUT2D eigenvalue weighted by atomic mass is 16.1. The monoisotopic (exact) mass is 235 g/mol. The molecule has 1 saturated heterocycles. The summed E-state index contributed by atoms with van der Waals surface area (Å²) in [5.41, 5.74) is 2.13. The molecule has 1 fully saturated rings. The van der Waals surface area contributed by atoms with Crippen molar-refractivity contribution < 1.29 is 0 Å². The third-order valence-corrected chi connectivity index (χ3v) is 3.39. The van der Waals surface area contributed by atoms with E-state index in [1.165, 1.54) is 0 Å². The predicted octanol–water partition coefficient (Wildman–Crippen LogP) is 0.582. The summed E-state index contributed by atoms with van der Waals surface area (Å²) in [7, 11) is 0. The third kappa shape index (κ3) is 2.76. The Morgan fingerprint density at radius 2 is 2.00 bits per heavy atom. The molecular formula is C13H21N3O. The molecule has 4 nitrogen and oxygen atoms in total. The molecule has 94 valence electrons. The molecule has 0 unspecified atom stereocenters. The zero-order valence-electron chi connectivity index (χ0n) is 10.7. The van der Waals surface area contributed by atoms with Gasteiger partial charge in [-0.25, -0.2) is 0 Å². The summed E-state index contributed by atoms with van der Waals surface area (Å²) in [5, 5.41) is 3.32. The van der Waals surface area contributed by atoms with Crippen LogP contribution in [-0.4, -0.2) is 35.6 Å². The molecule has 2 heterocycles. The number of nitrogens with zero attached hydrogens (tertiary/aromatic N) is 2. The van der Waals surface area contributed by atoms with Gasteiger partial charge in [0, 0.05) is 50.5 Å². The van der Waals surface area contributed by atoms with Gasteiger partial charge < -0.3 is 9.88 Å². The lowest BCUT2D eigenvalue weighted by atomic mass is 10.2. The topological polar surface area (TPSA) is 37.3 Å². The first-order valence-corrected chi connectivity index (χ1v) is 6.34. The number of hydrogen-bond donors (Lipinski definition) is 1. The smallest absolute Gasteiger partial charge is 0.255 e. The minimum Gasteiger partial charge on any atom is -0.314 e. The lowest BCUT2D eigenvalue weighted by Gasteiger charge is -2.27. The van der Waals surface area contributed by atoms with E-state index in [-0.39, 0.29) is 5.56 Å². The van der Waals surface area contributed by atoms with E-state index < -0.39 is 0 Å². The molecule has 1 aromatic rings. The Balaban J connectivity index is 2.18. The number of aryl methyl sites for hydroxylation is 1. The van der Waals surface area contributed by atoms with Crippen LogP contribution >= 0.6 is 0 Å². The van der Waals surface area contributed by atoms with E-state index >= 15 is 0 Å². The van der Waals surface area contributed by atoms with E-state index in [2.05, 4.69) is 10.2 Å². The number of hydrogen-bond acceptors (Lipinski definition) is 3. The maximum Gasteiger partial charge on any atom is 0.255 e. The van der Waals surface area contributed by atoms with Crippen molar-refractivity contribution in [1.29, 1.82) is 0 Å². The molecule has 17 heavy (non-hydrogen) atoms. The van der Waals surface area contributed by atoms with Crippen LogP contribution in [0.2, 0.25) is 0 Å².